The first-order valence-electron chi connectivity index (χ1n) is 8.63. The van der Waals surface area contributed by atoms with Crippen molar-refractivity contribution in [3.05, 3.63) is 58.6 Å². The van der Waals surface area contributed by atoms with Crippen LogP contribution in [0.15, 0.2) is 47.4 Å². The van der Waals surface area contributed by atoms with Crippen molar-refractivity contribution in [2.75, 3.05) is 38.5 Å². The van der Waals surface area contributed by atoms with E-state index in [1.54, 1.807) is 43.3 Å². The molecule has 1 amide bonds. The lowest BCUT2D eigenvalue weighted by atomic mass is 10.1. The lowest BCUT2D eigenvalue weighted by molar-refractivity contribution is 0.102. The van der Waals surface area contributed by atoms with Gasteiger partial charge in [0.25, 0.3) is 5.91 Å². The molecular formula is C19H22ClN3O3S. The highest BCUT2D eigenvalue weighted by molar-refractivity contribution is 7.89. The molecule has 0 saturated carbocycles. The second kappa shape index (κ2) is 7.98. The zero-order valence-electron chi connectivity index (χ0n) is 15.3. The number of benzene rings is 2. The molecule has 1 heterocycles. The fourth-order valence-corrected chi connectivity index (χ4v) is 4.49. The molecule has 8 heteroatoms. The van der Waals surface area contributed by atoms with Crippen LogP contribution < -0.4 is 5.32 Å². The number of nitrogens with one attached hydrogen (secondary N) is 1. The molecule has 0 bridgehead atoms. The largest absolute Gasteiger partial charge is 0.322 e. The Morgan fingerprint density at radius 2 is 1.67 bits per heavy atom. The van der Waals surface area contributed by atoms with Crippen LogP contribution in [0.1, 0.15) is 15.9 Å². The predicted octanol–water partition coefficient (Wildman–Crippen LogP) is 2.84. The van der Waals surface area contributed by atoms with E-state index in [0.29, 0.717) is 48.0 Å². The summed E-state index contributed by atoms with van der Waals surface area (Å²) < 4.78 is 27.3. The Morgan fingerprint density at radius 3 is 2.30 bits per heavy atom. The van der Waals surface area contributed by atoms with Gasteiger partial charge in [-0.2, -0.15) is 4.31 Å². The molecule has 0 atom stereocenters. The topological polar surface area (TPSA) is 69.7 Å². The van der Waals surface area contributed by atoms with Gasteiger partial charge in [-0.3, -0.25) is 4.79 Å². The Labute approximate surface area is 164 Å². The molecule has 0 radical (unpaired) electrons. The summed E-state index contributed by atoms with van der Waals surface area (Å²) in [6, 6.07) is 11.4. The van der Waals surface area contributed by atoms with Gasteiger partial charge in [0.15, 0.2) is 0 Å². The smallest absolute Gasteiger partial charge is 0.255 e. The zero-order chi connectivity index (χ0) is 19.6. The van der Waals surface area contributed by atoms with E-state index < -0.39 is 10.0 Å². The number of nitrogens with zero attached hydrogens (tertiary/aromatic N) is 2. The van der Waals surface area contributed by atoms with Crippen LogP contribution in [0.25, 0.3) is 0 Å². The highest BCUT2D eigenvalue weighted by Gasteiger charge is 2.28. The number of halogens is 1. The van der Waals surface area contributed by atoms with Gasteiger partial charge in [0.05, 0.1) is 4.90 Å². The number of piperazine rings is 1. The lowest BCUT2D eigenvalue weighted by Crippen LogP contribution is -2.47. The van der Waals surface area contributed by atoms with Gasteiger partial charge in [0, 0.05) is 42.5 Å². The van der Waals surface area contributed by atoms with E-state index in [-0.39, 0.29) is 10.8 Å². The minimum absolute atomic E-state index is 0.138. The minimum Gasteiger partial charge on any atom is -0.322 e. The quantitative estimate of drug-likeness (QED) is 0.846. The van der Waals surface area contributed by atoms with Crippen LogP contribution in [0.5, 0.6) is 0 Å². The van der Waals surface area contributed by atoms with Crippen molar-refractivity contribution in [3.63, 3.8) is 0 Å². The Bertz CT molecular complexity index is 937. The summed E-state index contributed by atoms with van der Waals surface area (Å²) in [4.78, 5) is 14.9. The van der Waals surface area contributed by atoms with Crippen LogP contribution in [0.4, 0.5) is 5.69 Å². The fraction of sp³-hybridized carbons (Fsp3) is 0.316. The number of carbonyl (C=O) groups is 1. The first-order chi connectivity index (χ1) is 12.8. The van der Waals surface area contributed by atoms with Crippen LogP contribution in [-0.2, 0) is 10.0 Å². The standard InChI is InChI=1S/C19H22ClN3O3S/c1-14-3-8-17(27(25,26)23-11-9-22(2)10-12-23)13-18(14)19(24)21-16-6-4-15(20)5-7-16/h3-8,13H,9-12H2,1-2H3,(H,21,24). The molecule has 6 nitrogen and oxygen atoms in total. The number of hydrogen-bond acceptors (Lipinski definition) is 4. The van der Waals surface area contributed by atoms with Crippen LogP contribution in [-0.4, -0.2) is 56.8 Å². The molecule has 0 unspecified atom stereocenters. The molecule has 27 heavy (non-hydrogen) atoms. The number of sulfonamides is 1. The summed E-state index contributed by atoms with van der Waals surface area (Å²) in [7, 11) is -1.66. The summed E-state index contributed by atoms with van der Waals surface area (Å²) in [5.74, 6) is -0.356. The van der Waals surface area contributed by atoms with Gasteiger partial charge >= 0.3 is 0 Å². The normalized spacial score (nSPS) is 16.3. The van der Waals surface area contributed by atoms with Crippen molar-refractivity contribution < 1.29 is 13.2 Å². The number of aryl methyl sites for hydroxylation is 1. The average Bonchev–Trinajstić information content (AvgIpc) is 2.64. The first kappa shape index (κ1) is 19.8. The van der Waals surface area contributed by atoms with Gasteiger partial charge in [0.2, 0.25) is 10.0 Å². The molecule has 1 N–H and O–H groups in total. The van der Waals surface area contributed by atoms with Crippen molar-refractivity contribution in [3.8, 4) is 0 Å². The first-order valence-corrected chi connectivity index (χ1v) is 10.5. The molecule has 0 spiro atoms. The van der Waals surface area contributed by atoms with Crippen LogP contribution >= 0.6 is 11.6 Å². The molecule has 1 aliphatic heterocycles. The Hall–Kier alpha value is -1.93. The summed E-state index contributed by atoms with van der Waals surface area (Å²) in [5, 5.41) is 3.35. The number of carbonyl (C=O) groups excluding carboxylic acids is 1. The maximum Gasteiger partial charge on any atom is 0.255 e. The van der Waals surface area contributed by atoms with Gasteiger partial charge in [-0.1, -0.05) is 17.7 Å². The molecule has 1 saturated heterocycles. The maximum absolute atomic E-state index is 12.9. The second-order valence-corrected chi connectivity index (χ2v) is 9.02. The van der Waals surface area contributed by atoms with E-state index in [9.17, 15) is 13.2 Å². The molecule has 1 fully saturated rings. The molecule has 0 aliphatic carbocycles. The van der Waals surface area contributed by atoms with Crippen LogP contribution in [0.3, 0.4) is 0 Å². The summed E-state index contributed by atoms with van der Waals surface area (Å²) in [5.41, 5.74) is 1.63. The van der Waals surface area contributed by atoms with E-state index in [1.807, 2.05) is 7.05 Å². The van der Waals surface area contributed by atoms with E-state index in [2.05, 4.69) is 10.2 Å². The van der Waals surface area contributed by atoms with Gasteiger partial charge in [0.1, 0.15) is 0 Å². The lowest BCUT2D eigenvalue weighted by Gasteiger charge is -2.31. The number of amides is 1. The number of rotatable bonds is 4. The molecule has 144 valence electrons. The zero-order valence-corrected chi connectivity index (χ0v) is 16.8. The molecule has 3 rings (SSSR count). The van der Waals surface area contributed by atoms with Crippen molar-refractivity contribution in [1.29, 1.82) is 0 Å². The van der Waals surface area contributed by atoms with E-state index in [4.69, 9.17) is 11.6 Å². The van der Waals surface area contributed by atoms with Gasteiger partial charge in [-0.15, -0.1) is 0 Å². The second-order valence-electron chi connectivity index (χ2n) is 6.65. The Kier molecular flexibility index (Phi) is 5.86. The predicted molar refractivity (Wildman–Crippen MR) is 107 cm³/mol. The van der Waals surface area contributed by atoms with Crippen LogP contribution in [0.2, 0.25) is 5.02 Å². The summed E-state index contributed by atoms with van der Waals surface area (Å²) in [6.07, 6.45) is 0. The third-order valence-corrected chi connectivity index (χ3v) is 6.80. The SMILES string of the molecule is Cc1ccc(S(=O)(=O)N2CCN(C)CC2)cc1C(=O)Nc1ccc(Cl)cc1. The van der Waals surface area contributed by atoms with Gasteiger partial charge < -0.3 is 10.2 Å². The van der Waals surface area contributed by atoms with Crippen molar-refractivity contribution in [1.82, 2.24) is 9.21 Å². The maximum atomic E-state index is 12.9. The molecule has 2 aromatic carbocycles. The van der Waals surface area contributed by atoms with Crippen molar-refractivity contribution in [2.45, 2.75) is 11.8 Å². The Morgan fingerprint density at radius 1 is 1.04 bits per heavy atom. The number of likely N-dealkylation sites (N-methyl/N-ethyl adjacent to an activating group) is 1. The van der Waals surface area contributed by atoms with Crippen molar-refractivity contribution >= 4 is 33.2 Å². The third kappa shape index (κ3) is 4.50. The van der Waals surface area contributed by atoms with Crippen molar-refractivity contribution in [2.24, 2.45) is 0 Å². The Balaban J connectivity index is 1.85. The van der Waals surface area contributed by atoms with Crippen LogP contribution in [0, 0.1) is 6.92 Å². The minimum atomic E-state index is -3.63. The highest BCUT2D eigenvalue weighted by Crippen LogP contribution is 2.22. The van der Waals surface area contributed by atoms with Gasteiger partial charge in [-0.25, -0.2) is 8.42 Å². The van der Waals surface area contributed by atoms with E-state index >= 15 is 0 Å². The molecule has 1 aliphatic rings. The number of hydrogen-bond donors (Lipinski definition) is 1. The molecular weight excluding hydrogens is 386 g/mol. The average molecular weight is 408 g/mol. The molecule has 0 aromatic heterocycles. The van der Waals surface area contributed by atoms with E-state index in [0.717, 1.165) is 0 Å². The summed E-state index contributed by atoms with van der Waals surface area (Å²) >= 11 is 5.86. The highest BCUT2D eigenvalue weighted by atomic mass is 35.5. The van der Waals surface area contributed by atoms with E-state index in [1.165, 1.54) is 10.4 Å². The van der Waals surface area contributed by atoms with Gasteiger partial charge in [-0.05, 0) is 55.9 Å². The third-order valence-electron chi connectivity index (χ3n) is 4.66. The monoisotopic (exact) mass is 407 g/mol. The number of anilines is 1. The summed E-state index contributed by atoms with van der Waals surface area (Å²) in [6.45, 7) is 4.05. The molecule has 2 aromatic rings. The fourth-order valence-electron chi connectivity index (χ4n) is 2.92.